The Balaban J connectivity index is 2.56. The van der Waals surface area contributed by atoms with Gasteiger partial charge in [-0.05, 0) is 0 Å². The molecule has 1 rings (SSSR count). The largest absolute Gasteiger partial charge is 0.394 e. The maximum absolute atomic E-state index is 9.47. The Morgan fingerprint density at radius 1 is 1.38 bits per heavy atom. The molecule has 0 saturated carbocycles. The van der Waals surface area contributed by atoms with Crippen molar-refractivity contribution in [1.82, 2.24) is 0 Å². The third-order valence-corrected chi connectivity index (χ3v) is 2.18. The highest BCUT2D eigenvalue weighted by Crippen LogP contribution is 2.21. The van der Waals surface area contributed by atoms with Crippen molar-refractivity contribution >= 4 is 0 Å². The molecule has 6 nitrogen and oxygen atoms in total. The van der Waals surface area contributed by atoms with Crippen LogP contribution in [-0.2, 0) is 9.57 Å². The molecule has 13 heavy (non-hydrogen) atoms. The van der Waals surface area contributed by atoms with Crippen LogP contribution in [0.25, 0.3) is 0 Å². The van der Waals surface area contributed by atoms with Gasteiger partial charge in [-0.25, -0.2) is 5.90 Å². The molecular weight excluding hydrogens is 178 g/mol. The van der Waals surface area contributed by atoms with Crippen molar-refractivity contribution in [2.45, 2.75) is 30.8 Å². The molecule has 1 saturated heterocycles. The number of hydrogen-bond acceptors (Lipinski definition) is 6. The zero-order chi connectivity index (χ0) is 9.84. The average Bonchev–Trinajstić information content (AvgIpc) is 2.18. The van der Waals surface area contributed by atoms with E-state index in [1.165, 1.54) is 0 Å². The van der Waals surface area contributed by atoms with E-state index in [0.717, 1.165) is 0 Å². The van der Waals surface area contributed by atoms with Crippen LogP contribution in [-0.4, -0.2) is 52.9 Å². The molecule has 1 fully saturated rings. The maximum Gasteiger partial charge on any atom is 0.111 e. The molecule has 1 aliphatic heterocycles. The summed E-state index contributed by atoms with van der Waals surface area (Å²) in [6.07, 6.45) is -2.39. The van der Waals surface area contributed by atoms with E-state index in [9.17, 15) is 5.11 Å². The standard InChI is InChI=1S/C7H15NO5/c8-13-5-1-4(2-9)12-6(3-10)7(5)11/h4-7,9-11H,1-3,8H2/t4?,5?,6-,7?/m0/s1. The van der Waals surface area contributed by atoms with Crippen LogP contribution in [0.2, 0.25) is 0 Å². The van der Waals surface area contributed by atoms with Gasteiger partial charge >= 0.3 is 0 Å². The van der Waals surface area contributed by atoms with Crippen molar-refractivity contribution in [3.63, 3.8) is 0 Å². The van der Waals surface area contributed by atoms with Gasteiger partial charge in [0.1, 0.15) is 18.3 Å². The predicted octanol–water partition coefficient (Wildman–Crippen LogP) is -2.25. The van der Waals surface area contributed by atoms with Gasteiger partial charge in [-0.3, -0.25) is 4.84 Å². The smallest absolute Gasteiger partial charge is 0.111 e. The normalized spacial score (nSPS) is 40.6. The molecule has 0 aliphatic carbocycles. The second kappa shape index (κ2) is 4.85. The van der Waals surface area contributed by atoms with E-state index in [4.69, 9.17) is 20.8 Å². The fraction of sp³-hybridized carbons (Fsp3) is 1.00. The third-order valence-electron chi connectivity index (χ3n) is 2.18. The van der Waals surface area contributed by atoms with E-state index in [1.54, 1.807) is 0 Å². The Morgan fingerprint density at radius 3 is 2.54 bits per heavy atom. The first-order valence-corrected chi connectivity index (χ1v) is 4.13. The summed E-state index contributed by atoms with van der Waals surface area (Å²) < 4.78 is 5.14. The highest BCUT2D eigenvalue weighted by atomic mass is 16.6. The van der Waals surface area contributed by atoms with Crippen LogP contribution in [0.3, 0.4) is 0 Å². The molecule has 4 atom stereocenters. The molecule has 78 valence electrons. The number of nitrogens with two attached hydrogens (primary N) is 1. The minimum absolute atomic E-state index is 0.177. The van der Waals surface area contributed by atoms with Gasteiger partial charge in [0.15, 0.2) is 0 Å². The minimum atomic E-state index is -0.946. The lowest BCUT2D eigenvalue weighted by atomic mass is 9.98. The van der Waals surface area contributed by atoms with Crippen molar-refractivity contribution in [1.29, 1.82) is 0 Å². The molecule has 0 spiro atoms. The van der Waals surface area contributed by atoms with Crippen LogP contribution in [0.1, 0.15) is 6.42 Å². The summed E-state index contributed by atoms with van der Waals surface area (Å²) in [5, 5.41) is 27.1. The Hall–Kier alpha value is -0.240. The monoisotopic (exact) mass is 193 g/mol. The summed E-state index contributed by atoms with van der Waals surface area (Å²) in [6.45, 7) is -0.499. The first-order valence-electron chi connectivity index (χ1n) is 4.13. The van der Waals surface area contributed by atoms with Gasteiger partial charge in [0.2, 0.25) is 0 Å². The fourth-order valence-electron chi connectivity index (χ4n) is 1.43. The molecule has 0 aromatic rings. The van der Waals surface area contributed by atoms with Crippen molar-refractivity contribution in [3.05, 3.63) is 0 Å². The number of aliphatic hydroxyl groups is 3. The quantitative estimate of drug-likeness (QED) is 0.377. The summed E-state index contributed by atoms with van der Waals surface area (Å²) in [5.41, 5.74) is 0. The SMILES string of the molecule is NOC1CC(CO)O[C@@H](CO)C1O. The molecule has 0 amide bonds. The summed E-state index contributed by atoms with van der Waals surface area (Å²) in [7, 11) is 0. The molecular formula is C7H15NO5. The molecule has 1 aliphatic rings. The van der Waals surface area contributed by atoms with Gasteiger partial charge in [-0.1, -0.05) is 0 Å². The van der Waals surface area contributed by atoms with E-state index in [2.05, 4.69) is 4.84 Å². The highest BCUT2D eigenvalue weighted by Gasteiger charge is 2.37. The zero-order valence-electron chi connectivity index (χ0n) is 7.17. The number of aliphatic hydroxyl groups excluding tert-OH is 3. The van der Waals surface area contributed by atoms with Gasteiger partial charge in [-0.15, -0.1) is 0 Å². The van der Waals surface area contributed by atoms with Crippen LogP contribution < -0.4 is 5.90 Å². The lowest BCUT2D eigenvalue weighted by molar-refractivity contribution is -0.201. The topological polar surface area (TPSA) is 105 Å². The number of rotatable bonds is 3. The van der Waals surface area contributed by atoms with E-state index in [1.807, 2.05) is 0 Å². The molecule has 0 aromatic carbocycles. The van der Waals surface area contributed by atoms with Gasteiger partial charge in [0.05, 0.1) is 19.3 Å². The molecule has 6 heteroatoms. The van der Waals surface area contributed by atoms with Gasteiger partial charge in [0.25, 0.3) is 0 Å². The Morgan fingerprint density at radius 2 is 2.08 bits per heavy atom. The molecule has 1 heterocycles. The Kier molecular flexibility index (Phi) is 4.04. The summed E-state index contributed by atoms with van der Waals surface area (Å²) >= 11 is 0. The summed E-state index contributed by atoms with van der Waals surface area (Å²) in [6, 6.07) is 0. The number of hydrogen-bond donors (Lipinski definition) is 4. The molecule has 0 bridgehead atoms. The van der Waals surface area contributed by atoms with Crippen molar-refractivity contribution in [2.75, 3.05) is 13.2 Å². The average molecular weight is 193 g/mol. The van der Waals surface area contributed by atoms with Crippen molar-refractivity contribution in [3.8, 4) is 0 Å². The molecule has 0 radical (unpaired) electrons. The van der Waals surface area contributed by atoms with Gasteiger partial charge < -0.3 is 20.1 Å². The second-order valence-corrected chi connectivity index (χ2v) is 3.06. The van der Waals surface area contributed by atoms with E-state index >= 15 is 0 Å². The van der Waals surface area contributed by atoms with Crippen LogP contribution in [0.5, 0.6) is 0 Å². The molecule has 5 N–H and O–H groups in total. The van der Waals surface area contributed by atoms with Crippen LogP contribution in [0, 0.1) is 0 Å². The predicted molar refractivity (Wildman–Crippen MR) is 42.5 cm³/mol. The van der Waals surface area contributed by atoms with E-state index in [0.29, 0.717) is 6.42 Å². The van der Waals surface area contributed by atoms with E-state index < -0.39 is 24.4 Å². The minimum Gasteiger partial charge on any atom is -0.394 e. The molecule has 3 unspecified atom stereocenters. The van der Waals surface area contributed by atoms with Crippen LogP contribution in [0.15, 0.2) is 0 Å². The molecule has 0 aromatic heterocycles. The highest BCUT2D eigenvalue weighted by molar-refractivity contribution is 4.85. The fourth-order valence-corrected chi connectivity index (χ4v) is 1.43. The third kappa shape index (κ3) is 2.37. The van der Waals surface area contributed by atoms with E-state index in [-0.39, 0.29) is 13.2 Å². The Bertz CT molecular complexity index is 142. The van der Waals surface area contributed by atoms with Gasteiger partial charge in [0, 0.05) is 6.42 Å². The van der Waals surface area contributed by atoms with Crippen molar-refractivity contribution < 1.29 is 24.9 Å². The summed E-state index contributed by atoms with van der Waals surface area (Å²) in [5.74, 6) is 4.95. The van der Waals surface area contributed by atoms with Gasteiger partial charge in [-0.2, -0.15) is 0 Å². The summed E-state index contributed by atoms with van der Waals surface area (Å²) in [4.78, 5) is 4.52. The lowest BCUT2D eigenvalue weighted by Crippen LogP contribution is -2.52. The second-order valence-electron chi connectivity index (χ2n) is 3.06. The van der Waals surface area contributed by atoms with Crippen LogP contribution >= 0.6 is 0 Å². The van der Waals surface area contributed by atoms with Crippen LogP contribution in [0.4, 0.5) is 0 Å². The first-order chi connectivity index (χ1) is 6.22. The Labute approximate surface area is 75.8 Å². The number of ether oxygens (including phenoxy) is 1. The first kappa shape index (κ1) is 10.8. The zero-order valence-corrected chi connectivity index (χ0v) is 7.17. The lowest BCUT2D eigenvalue weighted by Gasteiger charge is -2.36. The van der Waals surface area contributed by atoms with Crippen molar-refractivity contribution in [2.24, 2.45) is 5.90 Å². The maximum atomic E-state index is 9.47.